The second-order valence-corrected chi connectivity index (χ2v) is 10.1. The molecule has 1 heterocycles. The zero-order valence-corrected chi connectivity index (χ0v) is 17.9. The molecule has 0 amide bonds. The molecular weight excluding hydrogens is 343 g/mol. The molecule has 4 heteroatoms. The van der Waals surface area contributed by atoms with Gasteiger partial charge in [0, 0.05) is 26.8 Å². The van der Waals surface area contributed by atoms with Crippen molar-refractivity contribution in [3.05, 3.63) is 46.5 Å². The fourth-order valence-electron chi connectivity index (χ4n) is 3.43. The summed E-state index contributed by atoms with van der Waals surface area (Å²) in [7, 11) is -2.29. The van der Waals surface area contributed by atoms with Crippen LogP contribution in [0.4, 0.5) is 0 Å². The molecule has 0 aliphatic carbocycles. The SMILES string of the molecule is Cc1cc2c(c(C(C)(C)C)c1)O[P+](=O)Oc1c-2cc(C)cc1C(C)(C)C. The second-order valence-electron chi connectivity index (χ2n) is 9.28. The smallest absolute Gasteiger partial charge is 0.221 e. The van der Waals surface area contributed by atoms with Crippen LogP contribution in [-0.4, -0.2) is 0 Å². The highest BCUT2D eigenvalue weighted by Crippen LogP contribution is 2.53. The maximum atomic E-state index is 12.6. The molecule has 2 aromatic carbocycles. The van der Waals surface area contributed by atoms with E-state index in [4.69, 9.17) is 9.05 Å². The Morgan fingerprint density at radius 3 is 1.35 bits per heavy atom. The van der Waals surface area contributed by atoms with Crippen molar-refractivity contribution in [3.63, 3.8) is 0 Å². The lowest BCUT2D eigenvalue weighted by atomic mass is 9.80. The summed E-state index contributed by atoms with van der Waals surface area (Å²) in [6.45, 7) is 17.0. The topological polar surface area (TPSA) is 35.5 Å². The van der Waals surface area contributed by atoms with Crippen LogP contribution in [0.2, 0.25) is 0 Å². The number of fused-ring (bicyclic) bond motifs is 3. The Hall–Kier alpha value is -1.86. The molecule has 0 N–H and O–H groups in total. The molecule has 0 radical (unpaired) electrons. The lowest BCUT2D eigenvalue weighted by Crippen LogP contribution is -2.13. The molecular formula is C22H28O3P+. The molecule has 0 spiro atoms. The van der Waals surface area contributed by atoms with Crippen LogP contribution in [0.5, 0.6) is 11.5 Å². The van der Waals surface area contributed by atoms with Crippen molar-refractivity contribution in [3.8, 4) is 22.6 Å². The fraction of sp³-hybridized carbons (Fsp3) is 0.455. The molecule has 138 valence electrons. The van der Waals surface area contributed by atoms with Crippen molar-refractivity contribution in [1.82, 2.24) is 0 Å². The Morgan fingerprint density at radius 2 is 1.04 bits per heavy atom. The number of hydrogen-bond donors (Lipinski definition) is 0. The molecule has 0 saturated heterocycles. The molecule has 0 bridgehead atoms. The van der Waals surface area contributed by atoms with Crippen molar-refractivity contribution in [2.75, 3.05) is 0 Å². The van der Waals surface area contributed by atoms with E-state index in [2.05, 4.69) is 79.7 Å². The van der Waals surface area contributed by atoms with Crippen molar-refractivity contribution in [2.45, 2.75) is 66.2 Å². The first-order valence-corrected chi connectivity index (χ1v) is 10.1. The van der Waals surface area contributed by atoms with Crippen molar-refractivity contribution < 1.29 is 13.6 Å². The molecule has 3 nitrogen and oxygen atoms in total. The van der Waals surface area contributed by atoms with Crippen LogP contribution in [0.1, 0.15) is 63.8 Å². The quantitative estimate of drug-likeness (QED) is 0.468. The minimum atomic E-state index is -2.29. The summed E-state index contributed by atoms with van der Waals surface area (Å²) in [5, 5.41) is 0. The molecule has 0 aromatic heterocycles. The van der Waals surface area contributed by atoms with Crippen LogP contribution in [0.3, 0.4) is 0 Å². The first-order chi connectivity index (χ1) is 11.9. The minimum Gasteiger partial charge on any atom is -0.221 e. The molecule has 2 aromatic rings. The van der Waals surface area contributed by atoms with Crippen molar-refractivity contribution in [2.24, 2.45) is 0 Å². The lowest BCUT2D eigenvalue weighted by molar-refractivity contribution is 0.409. The molecule has 26 heavy (non-hydrogen) atoms. The first kappa shape index (κ1) is 18.9. The van der Waals surface area contributed by atoms with Gasteiger partial charge < -0.3 is 0 Å². The average molecular weight is 371 g/mol. The van der Waals surface area contributed by atoms with Crippen LogP contribution < -0.4 is 9.05 Å². The summed E-state index contributed by atoms with van der Waals surface area (Å²) in [6.07, 6.45) is 0. The summed E-state index contributed by atoms with van der Waals surface area (Å²) in [6, 6.07) is 8.45. The average Bonchev–Trinajstić information content (AvgIpc) is 2.60. The summed E-state index contributed by atoms with van der Waals surface area (Å²) in [5.41, 5.74) is 6.05. The molecule has 0 atom stereocenters. The maximum absolute atomic E-state index is 12.6. The van der Waals surface area contributed by atoms with Gasteiger partial charge in [0.2, 0.25) is 11.5 Å². The third kappa shape index (κ3) is 3.38. The van der Waals surface area contributed by atoms with Gasteiger partial charge in [0.1, 0.15) is 0 Å². The highest BCUT2D eigenvalue weighted by Gasteiger charge is 2.39. The van der Waals surface area contributed by atoms with Gasteiger partial charge in [0.15, 0.2) is 0 Å². The van der Waals surface area contributed by atoms with Gasteiger partial charge in [0.25, 0.3) is 0 Å². The van der Waals surface area contributed by atoms with Gasteiger partial charge in [-0.1, -0.05) is 53.7 Å². The number of benzene rings is 2. The Labute approximate surface area is 157 Å². The second kappa shape index (κ2) is 6.09. The van der Waals surface area contributed by atoms with Crippen molar-refractivity contribution in [1.29, 1.82) is 0 Å². The monoisotopic (exact) mass is 371 g/mol. The summed E-state index contributed by atoms with van der Waals surface area (Å²) >= 11 is 0. The molecule has 0 saturated carbocycles. The molecule has 0 unspecified atom stereocenters. The van der Waals surface area contributed by atoms with Crippen LogP contribution >= 0.6 is 8.25 Å². The van der Waals surface area contributed by atoms with Crippen LogP contribution in [-0.2, 0) is 15.4 Å². The molecule has 0 fully saturated rings. The largest absolute Gasteiger partial charge is 0.805 e. The van der Waals surface area contributed by atoms with Crippen LogP contribution in [0, 0.1) is 13.8 Å². The third-order valence-electron chi connectivity index (χ3n) is 4.70. The Kier molecular flexibility index (Phi) is 4.43. The van der Waals surface area contributed by atoms with E-state index in [1.54, 1.807) is 0 Å². The van der Waals surface area contributed by atoms with Gasteiger partial charge in [-0.05, 0) is 47.9 Å². The molecule has 1 aliphatic rings. The zero-order chi connectivity index (χ0) is 19.4. The minimum absolute atomic E-state index is 0.131. The zero-order valence-electron chi connectivity index (χ0n) is 17.0. The Morgan fingerprint density at radius 1 is 0.692 bits per heavy atom. The van der Waals surface area contributed by atoms with E-state index >= 15 is 0 Å². The molecule has 3 rings (SSSR count). The van der Waals surface area contributed by atoms with Gasteiger partial charge in [-0.25, -0.2) is 9.05 Å². The Bertz CT molecular complexity index is 826. The maximum Gasteiger partial charge on any atom is 0.805 e. The highest BCUT2D eigenvalue weighted by molar-refractivity contribution is 7.34. The lowest BCUT2D eigenvalue weighted by Gasteiger charge is -2.23. The van der Waals surface area contributed by atoms with E-state index in [0.717, 1.165) is 33.4 Å². The van der Waals surface area contributed by atoms with E-state index < -0.39 is 8.25 Å². The van der Waals surface area contributed by atoms with Gasteiger partial charge in [-0.2, -0.15) is 0 Å². The fourth-order valence-corrected chi connectivity index (χ4v) is 4.15. The van der Waals surface area contributed by atoms with E-state index in [1.165, 1.54) is 0 Å². The van der Waals surface area contributed by atoms with Crippen LogP contribution in [0.15, 0.2) is 24.3 Å². The first-order valence-electron chi connectivity index (χ1n) is 9.02. The third-order valence-corrected chi connectivity index (χ3v) is 5.37. The molecule has 1 aliphatic heterocycles. The number of aryl methyl sites for hydroxylation is 2. The van der Waals surface area contributed by atoms with E-state index in [9.17, 15) is 4.57 Å². The summed E-state index contributed by atoms with van der Waals surface area (Å²) in [4.78, 5) is 0. The van der Waals surface area contributed by atoms with E-state index in [0.29, 0.717) is 11.5 Å². The van der Waals surface area contributed by atoms with Gasteiger partial charge in [-0.15, -0.1) is 0 Å². The van der Waals surface area contributed by atoms with Crippen LogP contribution in [0.25, 0.3) is 11.1 Å². The number of rotatable bonds is 0. The van der Waals surface area contributed by atoms with Gasteiger partial charge in [-0.3, -0.25) is 0 Å². The predicted octanol–water partition coefficient (Wildman–Crippen LogP) is 6.99. The van der Waals surface area contributed by atoms with E-state index in [1.807, 2.05) is 0 Å². The van der Waals surface area contributed by atoms with Gasteiger partial charge >= 0.3 is 8.25 Å². The van der Waals surface area contributed by atoms with Crippen molar-refractivity contribution >= 4 is 8.25 Å². The summed E-state index contributed by atoms with van der Waals surface area (Å²) in [5.74, 6) is 1.35. The van der Waals surface area contributed by atoms with E-state index in [-0.39, 0.29) is 10.8 Å². The predicted molar refractivity (Wildman–Crippen MR) is 108 cm³/mol. The summed E-state index contributed by atoms with van der Waals surface area (Å²) < 4.78 is 24.3. The Balaban J connectivity index is 2.44. The van der Waals surface area contributed by atoms with Gasteiger partial charge in [0.05, 0.1) is 0 Å². The normalized spacial score (nSPS) is 14.1. The standard InChI is InChI=1S/C22H28O3P/c1-13-9-15-16-10-14(2)12-18(22(6,7)8)20(16)25-26(23)24-19(15)17(11-13)21(3,4)5/h9-12H,1-8H3/q+1. The number of hydrogen-bond acceptors (Lipinski definition) is 3. The highest BCUT2D eigenvalue weighted by atomic mass is 31.1.